The molecule has 0 aliphatic carbocycles. The Labute approximate surface area is 80.1 Å². The van der Waals surface area contributed by atoms with Crippen molar-refractivity contribution in [2.45, 2.75) is 18.6 Å². The molecule has 1 aromatic rings. The summed E-state index contributed by atoms with van der Waals surface area (Å²) in [5, 5.41) is 9.40. The molecule has 0 amide bonds. The van der Waals surface area contributed by atoms with E-state index >= 15 is 0 Å². The fourth-order valence-corrected chi connectivity index (χ4v) is 1.52. The van der Waals surface area contributed by atoms with Crippen LogP contribution in [0.25, 0.3) is 0 Å². The van der Waals surface area contributed by atoms with Crippen LogP contribution < -0.4 is 0 Å². The predicted octanol–water partition coefficient (Wildman–Crippen LogP) is 1.57. The van der Waals surface area contributed by atoms with Gasteiger partial charge in [-0.05, 0) is 25.1 Å². The molecular weight excluding hydrogens is 190 g/mol. The zero-order valence-corrected chi connectivity index (χ0v) is 7.63. The number of hydrogen-bond donors (Lipinski definition) is 1. The first kappa shape index (κ1) is 9.55. The lowest BCUT2D eigenvalue weighted by Crippen LogP contribution is -2.25. The molecule has 14 heavy (non-hydrogen) atoms. The molecule has 0 bridgehead atoms. The summed E-state index contributed by atoms with van der Waals surface area (Å²) in [4.78, 5) is 0. The smallest absolute Gasteiger partial charge is 0.145 e. The minimum Gasteiger partial charge on any atom is -0.390 e. The van der Waals surface area contributed by atoms with Crippen LogP contribution in [0.15, 0.2) is 18.2 Å². The van der Waals surface area contributed by atoms with Crippen molar-refractivity contribution >= 4 is 0 Å². The monoisotopic (exact) mass is 200 g/mol. The molecule has 1 fully saturated rings. The standard InChI is InChI=1S/C10H10F2O2/c1-6(13)10(5-14-10)8-4-7(11)2-3-9(8)12/h2-4,6,13H,5H2,1H3/t6-,10+/m1/s1. The Balaban J connectivity index is 2.46. The molecule has 2 rings (SSSR count). The fourth-order valence-electron chi connectivity index (χ4n) is 1.52. The highest BCUT2D eigenvalue weighted by Crippen LogP contribution is 2.43. The summed E-state index contributed by atoms with van der Waals surface area (Å²) in [5.74, 6) is -1.08. The second-order valence-electron chi connectivity index (χ2n) is 3.48. The van der Waals surface area contributed by atoms with E-state index in [4.69, 9.17) is 4.74 Å². The van der Waals surface area contributed by atoms with E-state index in [1.165, 1.54) is 6.92 Å². The number of epoxide rings is 1. The average molecular weight is 200 g/mol. The number of aliphatic hydroxyl groups excluding tert-OH is 1. The number of ether oxygens (including phenoxy) is 1. The van der Waals surface area contributed by atoms with Crippen molar-refractivity contribution in [1.29, 1.82) is 0 Å². The molecule has 76 valence electrons. The van der Waals surface area contributed by atoms with Crippen LogP contribution in [0.3, 0.4) is 0 Å². The quantitative estimate of drug-likeness (QED) is 0.735. The van der Waals surface area contributed by atoms with Crippen molar-refractivity contribution in [3.05, 3.63) is 35.4 Å². The van der Waals surface area contributed by atoms with Crippen LogP contribution in [-0.2, 0) is 10.3 Å². The number of halogens is 2. The first-order valence-corrected chi connectivity index (χ1v) is 4.34. The Bertz CT molecular complexity index is 359. The van der Waals surface area contributed by atoms with Crippen LogP contribution >= 0.6 is 0 Å². The van der Waals surface area contributed by atoms with E-state index in [2.05, 4.69) is 0 Å². The van der Waals surface area contributed by atoms with E-state index in [-0.39, 0.29) is 12.2 Å². The summed E-state index contributed by atoms with van der Waals surface area (Å²) in [6.07, 6.45) is -0.848. The van der Waals surface area contributed by atoms with Crippen LogP contribution in [0.1, 0.15) is 12.5 Å². The molecule has 2 nitrogen and oxygen atoms in total. The predicted molar refractivity (Wildman–Crippen MR) is 45.7 cm³/mol. The van der Waals surface area contributed by atoms with Crippen molar-refractivity contribution in [2.24, 2.45) is 0 Å². The van der Waals surface area contributed by atoms with Gasteiger partial charge in [0, 0.05) is 5.56 Å². The molecule has 0 unspecified atom stereocenters. The van der Waals surface area contributed by atoms with E-state index < -0.39 is 23.3 Å². The lowest BCUT2D eigenvalue weighted by Gasteiger charge is -2.15. The van der Waals surface area contributed by atoms with Gasteiger partial charge in [0.15, 0.2) is 0 Å². The van der Waals surface area contributed by atoms with Gasteiger partial charge in [0.1, 0.15) is 17.2 Å². The summed E-state index contributed by atoms with van der Waals surface area (Å²) < 4.78 is 31.2. The van der Waals surface area contributed by atoms with E-state index in [0.29, 0.717) is 0 Å². The largest absolute Gasteiger partial charge is 0.390 e. The number of rotatable bonds is 2. The van der Waals surface area contributed by atoms with Crippen LogP contribution in [0, 0.1) is 11.6 Å². The van der Waals surface area contributed by atoms with Crippen molar-refractivity contribution in [3.63, 3.8) is 0 Å². The molecule has 0 spiro atoms. The van der Waals surface area contributed by atoms with Crippen molar-refractivity contribution < 1.29 is 18.6 Å². The minimum atomic E-state index is -1.04. The SMILES string of the molecule is C[C@@H](O)[C@]1(c2cc(F)ccc2F)CO1. The third kappa shape index (κ3) is 1.31. The zero-order valence-electron chi connectivity index (χ0n) is 7.63. The molecule has 1 heterocycles. The van der Waals surface area contributed by atoms with Crippen LogP contribution in [0.2, 0.25) is 0 Å². The zero-order chi connectivity index (χ0) is 10.3. The topological polar surface area (TPSA) is 32.8 Å². The van der Waals surface area contributed by atoms with Crippen molar-refractivity contribution in [1.82, 2.24) is 0 Å². The summed E-state index contributed by atoms with van der Waals surface area (Å²) in [6, 6.07) is 3.14. The Kier molecular flexibility index (Phi) is 2.05. The lowest BCUT2D eigenvalue weighted by atomic mass is 9.94. The summed E-state index contributed by atoms with van der Waals surface area (Å²) >= 11 is 0. The fraction of sp³-hybridized carbons (Fsp3) is 0.400. The first-order chi connectivity index (χ1) is 6.56. The molecular formula is C10H10F2O2. The lowest BCUT2D eigenvalue weighted by molar-refractivity contribution is 0.0861. The van der Waals surface area contributed by atoms with Crippen molar-refractivity contribution in [2.75, 3.05) is 6.61 Å². The van der Waals surface area contributed by atoms with Crippen molar-refractivity contribution in [3.8, 4) is 0 Å². The molecule has 1 N–H and O–H groups in total. The van der Waals surface area contributed by atoms with E-state index in [9.17, 15) is 13.9 Å². The van der Waals surface area contributed by atoms with Gasteiger partial charge in [0.25, 0.3) is 0 Å². The average Bonchev–Trinajstić information content (AvgIpc) is 2.90. The maximum absolute atomic E-state index is 13.3. The van der Waals surface area contributed by atoms with E-state index in [1.807, 2.05) is 0 Å². The summed E-state index contributed by atoms with van der Waals surface area (Å²) in [5.41, 5.74) is -0.945. The Morgan fingerprint density at radius 2 is 2.14 bits per heavy atom. The Hall–Kier alpha value is -1.00. The number of benzene rings is 1. The minimum absolute atomic E-state index is 0.0903. The van der Waals surface area contributed by atoms with Gasteiger partial charge < -0.3 is 9.84 Å². The maximum atomic E-state index is 13.3. The maximum Gasteiger partial charge on any atom is 0.145 e. The second-order valence-corrected chi connectivity index (χ2v) is 3.48. The molecule has 4 heteroatoms. The van der Waals surface area contributed by atoms with Gasteiger partial charge in [-0.2, -0.15) is 0 Å². The normalized spacial score (nSPS) is 27.4. The van der Waals surface area contributed by atoms with Gasteiger partial charge in [0.05, 0.1) is 12.7 Å². The first-order valence-electron chi connectivity index (χ1n) is 4.34. The van der Waals surface area contributed by atoms with Gasteiger partial charge in [-0.15, -0.1) is 0 Å². The van der Waals surface area contributed by atoms with Gasteiger partial charge >= 0.3 is 0 Å². The van der Waals surface area contributed by atoms with E-state index in [0.717, 1.165) is 18.2 Å². The molecule has 1 aliphatic heterocycles. The molecule has 1 aliphatic rings. The second kappa shape index (κ2) is 3.00. The van der Waals surface area contributed by atoms with Gasteiger partial charge in [-0.3, -0.25) is 0 Å². The Morgan fingerprint density at radius 3 is 2.64 bits per heavy atom. The highest BCUT2D eigenvalue weighted by atomic mass is 19.1. The third-order valence-corrected chi connectivity index (χ3v) is 2.51. The van der Waals surface area contributed by atoms with Gasteiger partial charge in [0.2, 0.25) is 0 Å². The Morgan fingerprint density at radius 1 is 1.50 bits per heavy atom. The highest BCUT2D eigenvalue weighted by Gasteiger charge is 2.52. The van der Waals surface area contributed by atoms with Gasteiger partial charge in [-0.25, -0.2) is 8.78 Å². The molecule has 0 radical (unpaired) electrons. The third-order valence-electron chi connectivity index (χ3n) is 2.51. The summed E-state index contributed by atoms with van der Waals surface area (Å²) in [7, 11) is 0. The molecule has 0 aromatic heterocycles. The van der Waals surface area contributed by atoms with Crippen LogP contribution in [0.4, 0.5) is 8.78 Å². The van der Waals surface area contributed by atoms with Crippen LogP contribution in [0.5, 0.6) is 0 Å². The molecule has 0 saturated carbocycles. The number of aliphatic hydroxyl groups is 1. The highest BCUT2D eigenvalue weighted by molar-refractivity contribution is 5.30. The van der Waals surface area contributed by atoms with Crippen LogP contribution in [-0.4, -0.2) is 17.8 Å². The number of hydrogen-bond acceptors (Lipinski definition) is 2. The van der Waals surface area contributed by atoms with Gasteiger partial charge in [-0.1, -0.05) is 0 Å². The molecule has 1 saturated heterocycles. The summed E-state index contributed by atoms with van der Waals surface area (Å²) in [6.45, 7) is 1.72. The molecule has 1 aromatic carbocycles. The molecule has 2 atom stereocenters. The van der Waals surface area contributed by atoms with E-state index in [1.54, 1.807) is 0 Å².